The number of Topliss-reactive ketones (excluding diaryl/α,β-unsaturated/α-hetero) is 1. The van der Waals surface area contributed by atoms with Crippen molar-refractivity contribution in [2.75, 3.05) is 13.7 Å². The first kappa shape index (κ1) is 31.9. The van der Waals surface area contributed by atoms with Crippen LogP contribution in [0.4, 0.5) is 13.2 Å². The minimum absolute atomic E-state index is 0.0432. The molecule has 5 fully saturated rings. The molecule has 0 amide bonds. The summed E-state index contributed by atoms with van der Waals surface area (Å²) in [7, 11) is 1.51. The van der Waals surface area contributed by atoms with Gasteiger partial charge in [0.2, 0.25) is 0 Å². The fourth-order valence-corrected chi connectivity index (χ4v) is 10.3. The summed E-state index contributed by atoms with van der Waals surface area (Å²) in [5.74, 6) is -3.48. The van der Waals surface area contributed by atoms with E-state index in [9.17, 15) is 32.7 Å². The molecule has 1 N–H and O–H groups in total. The number of carbonyl (C=O) groups is 3. The molecule has 2 heterocycles. The summed E-state index contributed by atoms with van der Waals surface area (Å²) in [6, 6.07) is 0. The van der Waals surface area contributed by atoms with Crippen molar-refractivity contribution in [2.24, 2.45) is 34.5 Å². The molecule has 6 rings (SSSR count). The van der Waals surface area contributed by atoms with Crippen molar-refractivity contribution in [2.45, 2.75) is 121 Å². The number of cyclic esters (lactones) is 1. The second kappa shape index (κ2) is 11.1. The predicted molar refractivity (Wildman–Crippen MR) is 147 cm³/mol. The first-order chi connectivity index (χ1) is 20.6. The van der Waals surface area contributed by atoms with Gasteiger partial charge in [-0.2, -0.15) is 13.2 Å². The first-order valence-electron chi connectivity index (χ1n) is 15.9. The molecule has 0 aromatic carbocycles. The third-order valence-electron chi connectivity index (χ3n) is 12.5. The summed E-state index contributed by atoms with van der Waals surface area (Å²) in [5.41, 5.74) is -1.94. The molecular formula is C32H43F3O9. The zero-order chi connectivity index (χ0) is 31.8. The van der Waals surface area contributed by atoms with E-state index in [0.717, 1.165) is 32.1 Å². The Balaban J connectivity index is 1.21. The number of aliphatic hydroxyl groups is 1. The van der Waals surface area contributed by atoms with E-state index in [1.165, 1.54) is 13.2 Å². The van der Waals surface area contributed by atoms with Crippen LogP contribution in [0.2, 0.25) is 0 Å². The van der Waals surface area contributed by atoms with Crippen molar-refractivity contribution in [1.82, 2.24) is 0 Å². The van der Waals surface area contributed by atoms with Crippen molar-refractivity contribution in [3.05, 3.63) is 11.6 Å². The lowest BCUT2D eigenvalue weighted by atomic mass is 9.43. The van der Waals surface area contributed by atoms with Crippen molar-refractivity contribution < 1.29 is 56.3 Å². The highest BCUT2D eigenvalue weighted by molar-refractivity contribution is 5.87. The average molecular weight is 629 g/mol. The lowest BCUT2D eigenvalue weighted by Gasteiger charge is -2.63. The largest absolute Gasteiger partial charge is 0.490 e. The first-order valence-corrected chi connectivity index (χ1v) is 15.9. The number of ketones is 1. The summed E-state index contributed by atoms with van der Waals surface area (Å²) >= 11 is 0. The normalized spacial score (nSPS) is 47.3. The maximum absolute atomic E-state index is 13.3. The van der Waals surface area contributed by atoms with Crippen molar-refractivity contribution in [1.29, 1.82) is 0 Å². The zero-order valence-electron chi connectivity index (χ0n) is 25.7. The molecule has 0 aromatic rings. The van der Waals surface area contributed by atoms with Crippen LogP contribution >= 0.6 is 0 Å². The molecule has 2 aliphatic heterocycles. The minimum atomic E-state index is -5.17. The maximum atomic E-state index is 13.3. The van der Waals surface area contributed by atoms with Gasteiger partial charge in [-0.15, -0.1) is 0 Å². The number of alkyl halides is 3. The van der Waals surface area contributed by atoms with Crippen molar-refractivity contribution in [3.63, 3.8) is 0 Å². The monoisotopic (exact) mass is 628 g/mol. The summed E-state index contributed by atoms with van der Waals surface area (Å²) in [6.07, 6.45) is -1.37. The molecule has 44 heavy (non-hydrogen) atoms. The van der Waals surface area contributed by atoms with Crippen LogP contribution in [0.3, 0.4) is 0 Å². The highest BCUT2D eigenvalue weighted by Crippen LogP contribution is 2.70. The topological polar surface area (TPSA) is 118 Å². The molecule has 0 spiro atoms. The van der Waals surface area contributed by atoms with Gasteiger partial charge in [0.15, 0.2) is 12.1 Å². The van der Waals surface area contributed by atoms with Crippen LogP contribution in [-0.2, 0) is 38.1 Å². The zero-order valence-corrected chi connectivity index (χ0v) is 25.7. The number of fused-ring (bicyclic) bond motifs is 5. The highest BCUT2D eigenvalue weighted by atomic mass is 19.4. The lowest BCUT2D eigenvalue weighted by molar-refractivity contribution is -0.244. The Bertz CT molecular complexity index is 1220. The van der Waals surface area contributed by atoms with Gasteiger partial charge in [0.25, 0.3) is 0 Å². The Labute approximate surface area is 255 Å². The highest BCUT2D eigenvalue weighted by Gasteiger charge is 2.71. The van der Waals surface area contributed by atoms with Gasteiger partial charge in [-0.3, -0.25) is 4.79 Å². The molecule has 12 heteroatoms. The quantitative estimate of drug-likeness (QED) is 0.349. The van der Waals surface area contributed by atoms with Gasteiger partial charge in [0.05, 0.1) is 11.7 Å². The van der Waals surface area contributed by atoms with Crippen molar-refractivity contribution in [3.8, 4) is 0 Å². The van der Waals surface area contributed by atoms with Crippen LogP contribution in [0.15, 0.2) is 11.6 Å². The number of carbonyl (C=O) groups excluding carboxylic acids is 3. The minimum Gasteiger partial charge on any atom is -0.458 e. The Kier molecular flexibility index (Phi) is 8.02. The molecule has 0 bridgehead atoms. The third kappa shape index (κ3) is 5.02. The van der Waals surface area contributed by atoms with E-state index in [1.54, 1.807) is 6.92 Å². The second-order valence-electron chi connectivity index (χ2n) is 14.4. The molecule has 12 atom stereocenters. The summed E-state index contributed by atoms with van der Waals surface area (Å²) < 4.78 is 67.8. The Morgan fingerprint density at radius 2 is 1.82 bits per heavy atom. The molecule has 0 aromatic heterocycles. The average Bonchev–Trinajstić information content (AvgIpc) is 3.47. The van der Waals surface area contributed by atoms with Crippen LogP contribution in [0.1, 0.15) is 78.6 Å². The molecule has 4 aliphatic carbocycles. The van der Waals surface area contributed by atoms with Gasteiger partial charge in [-0.05, 0) is 80.6 Å². The Hall–Kier alpha value is -2.02. The molecule has 3 unspecified atom stereocenters. The smallest absolute Gasteiger partial charge is 0.458 e. The number of hydrogen-bond acceptors (Lipinski definition) is 9. The van der Waals surface area contributed by atoms with Crippen LogP contribution in [0.5, 0.6) is 0 Å². The van der Waals surface area contributed by atoms with Crippen LogP contribution in [0.25, 0.3) is 0 Å². The van der Waals surface area contributed by atoms with Crippen LogP contribution in [-0.4, -0.2) is 79.0 Å². The standard InChI is InChI=1S/C32H43F3O9/c1-16-27(37)22(40-4)13-25(42-16)43-19-7-9-29(2)18(12-19)5-6-21-20(29)8-10-30(3)26(17-11-24(36)41-15-17)23(14-31(21,30)39)44-28(38)32(33,34)35/h11,16,18-23,25-26,39H,5-10,12-15H2,1-4H3/t16?,18-,19+,20?,21-,22?,23+,25+,26+,29+,30-,31+/m1/s1. The van der Waals surface area contributed by atoms with E-state index in [0.29, 0.717) is 30.8 Å². The molecular weight excluding hydrogens is 585 g/mol. The second-order valence-corrected chi connectivity index (χ2v) is 14.4. The number of ether oxygens (including phenoxy) is 5. The van der Waals surface area contributed by atoms with Gasteiger partial charge in [-0.25, -0.2) is 9.59 Å². The number of methoxy groups -OCH3 is 1. The van der Waals surface area contributed by atoms with Gasteiger partial charge < -0.3 is 28.8 Å². The molecule has 246 valence electrons. The van der Waals surface area contributed by atoms with E-state index in [4.69, 9.17) is 23.7 Å². The third-order valence-corrected chi connectivity index (χ3v) is 12.5. The summed E-state index contributed by atoms with van der Waals surface area (Å²) in [5, 5.41) is 12.6. The lowest BCUT2D eigenvalue weighted by Crippen LogP contribution is -2.62. The van der Waals surface area contributed by atoms with Gasteiger partial charge in [0, 0.05) is 37.4 Å². The summed E-state index contributed by atoms with van der Waals surface area (Å²) in [6.45, 7) is 5.77. The summed E-state index contributed by atoms with van der Waals surface area (Å²) in [4.78, 5) is 36.3. The van der Waals surface area contributed by atoms with E-state index in [-0.39, 0.29) is 42.2 Å². The van der Waals surface area contributed by atoms with Gasteiger partial charge >= 0.3 is 18.1 Å². The molecule has 4 saturated carbocycles. The molecule has 1 saturated heterocycles. The number of halogens is 3. The van der Waals surface area contributed by atoms with E-state index < -0.39 is 59.7 Å². The van der Waals surface area contributed by atoms with Crippen molar-refractivity contribution >= 4 is 17.7 Å². The molecule has 6 aliphatic rings. The maximum Gasteiger partial charge on any atom is 0.490 e. The Morgan fingerprint density at radius 1 is 1.07 bits per heavy atom. The van der Waals surface area contributed by atoms with E-state index in [1.807, 2.05) is 6.92 Å². The predicted octanol–water partition coefficient (Wildman–Crippen LogP) is 4.43. The molecule has 0 radical (unpaired) electrons. The van der Waals surface area contributed by atoms with Crippen LogP contribution in [0, 0.1) is 34.5 Å². The van der Waals surface area contributed by atoms with Gasteiger partial charge in [0.1, 0.15) is 24.9 Å². The number of rotatable bonds is 5. The SMILES string of the molecule is COC1C[C@H](O[C@H]2CC[C@]3(C)C4CC[C@]5(C)[C@@H](C6=CC(=O)OC6)[C@@H](OC(=O)C(F)(F)F)C[C@]5(O)[C@@H]4CC[C@@H]3C2)OC(C)C1=O. The van der Waals surface area contributed by atoms with Crippen LogP contribution < -0.4 is 0 Å². The van der Waals surface area contributed by atoms with Gasteiger partial charge in [-0.1, -0.05) is 13.8 Å². The molecule has 9 nitrogen and oxygen atoms in total. The number of hydrogen-bond donors (Lipinski definition) is 1. The van der Waals surface area contributed by atoms with E-state index >= 15 is 0 Å². The fourth-order valence-electron chi connectivity index (χ4n) is 10.3. The fraction of sp³-hybridized carbons (Fsp3) is 0.844. The Morgan fingerprint density at radius 3 is 2.48 bits per heavy atom. The number of esters is 2. The van der Waals surface area contributed by atoms with E-state index in [2.05, 4.69) is 6.92 Å².